The molecule has 57 heavy (non-hydrogen) atoms. The Kier molecular flexibility index (Phi) is 16.1. The van der Waals surface area contributed by atoms with Crippen LogP contribution in [0.25, 0.3) is 22.3 Å². The summed E-state index contributed by atoms with van der Waals surface area (Å²) in [5.41, 5.74) is 4.49. The van der Waals surface area contributed by atoms with Gasteiger partial charge in [0.15, 0.2) is 16.3 Å². The number of halogens is 2. The number of rotatable bonds is 10. The van der Waals surface area contributed by atoms with E-state index >= 15 is 0 Å². The second-order valence-electron chi connectivity index (χ2n) is 12.2. The molecule has 0 amide bonds. The van der Waals surface area contributed by atoms with Gasteiger partial charge in [0.25, 0.3) is 0 Å². The van der Waals surface area contributed by atoms with Crippen LogP contribution in [0.15, 0.2) is 227 Å². The maximum absolute atomic E-state index is 8.29. The van der Waals surface area contributed by atoms with Crippen LogP contribution in [0.1, 0.15) is 0 Å². The van der Waals surface area contributed by atoms with Crippen LogP contribution in [0.5, 0.6) is 11.5 Å². The van der Waals surface area contributed by atoms with Crippen LogP contribution in [-0.4, -0.2) is 8.42 Å². The molecule has 9 heteroatoms. The lowest BCUT2D eigenvalue weighted by Crippen LogP contribution is -2.15. The molecule has 0 atom stereocenters. The van der Waals surface area contributed by atoms with Crippen molar-refractivity contribution >= 4 is 80.9 Å². The molecular weight excluding hydrogens is 894 g/mol. The average Bonchev–Trinajstić information content (AvgIpc) is 3.27. The van der Waals surface area contributed by atoms with Gasteiger partial charge in [-0.1, -0.05) is 214 Å². The highest BCUT2D eigenvalue weighted by Gasteiger charge is 2.20. The van der Waals surface area contributed by atoms with E-state index in [9.17, 15) is 0 Å². The molecule has 0 aliphatic heterocycles. The third-order valence-electron chi connectivity index (χ3n) is 8.43. The molecule has 0 unspecified atom stereocenters. The second-order valence-corrected chi connectivity index (χ2v) is 17.8. The molecule has 8 rings (SSSR count). The summed E-state index contributed by atoms with van der Waals surface area (Å²) in [7, 11) is -1.90. The zero-order valence-corrected chi connectivity index (χ0v) is 36.3. The lowest BCUT2D eigenvalue weighted by Gasteiger charge is -2.21. The monoisotopic (exact) mass is 928 g/mol. The van der Waals surface area contributed by atoms with Gasteiger partial charge in [-0.15, -0.1) is 0 Å². The zero-order chi connectivity index (χ0) is 39.7. The van der Waals surface area contributed by atoms with Gasteiger partial charge in [0.05, 0.1) is 0 Å². The van der Waals surface area contributed by atoms with E-state index in [-0.39, 0.29) is 0 Å². The van der Waals surface area contributed by atoms with Gasteiger partial charge in [-0.05, 0) is 47.5 Å². The van der Waals surface area contributed by atoms with Crippen molar-refractivity contribution in [2.75, 3.05) is 0 Å². The fraction of sp³-hybridized carbons (Fsp3) is 0. The van der Waals surface area contributed by atoms with Crippen LogP contribution in [0, 0.1) is 0 Å². The maximum atomic E-state index is 8.29. The highest BCUT2D eigenvalue weighted by Crippen LogP contribution is 2.42. The van der Waals surface area contributed by atoms with Gasteiger partial charge in [0, 0.05) is 41.3 Å². The Labute approximate surface area is 357 Å². The summed E-state index contributed by atoms with van der Waals surface area (Å²) in [6.45, 7) is 0. The Balaban J connectivity index is 0.000000180. The third kappa shape index (κ3) is 12.0. The normalized spacial score (nSPS) is 10.4. The molecule has 0 fully saturated rings. The third-order valence-corrected chi connectivity index (χ3v) is 13.3. The number of benzene rings is 8. The quantitative estimate of drug-likeness (QED) is 0.128. The van der Waals surface area contributed by atoms with Crippen molar-refractivity contribution in [2.45, 2.75) is 0 Å². The van der Waals surface area contributed by atoms with E-state index in [0.29, 0.717) is 0 Å². The van der Waals surface area contributed by atoms with Crippen molar-refractivity contribution in [1.29, 1.82) is 0 Å². The van der Waals surface area contributed by atoms with E-state index in [1.807, 2.05) is 36.4 Å². The minimum Gasteiger partial charge on any atom is -0.464 e. The zero-order valence-electron chi connectivity index (χ0n) is 30.5. The van der Waals surface area contributed by atoms with E-state index < -0.39 is 27.9 Å². The summed E-state index contributed by atoms with van der Waals surface area (Å²) < 4.78 is 32.0. The molecule has 282 valence electrons. The van der Waals surface area contributed by atoms with Gasteiger partial charge in [0.2, 0.25) is 0 Å². The Hall–Kier alpha value is -5.00. The fourth-order valence-electron chi connectivity index (χ4n) is 5.79. The second kappa shape index (κ2) is 22.1. The summed E-state index contributed by atoms with van der Waals surface area (Å²) in [4.78, 5) is 0. The first-order valence-electron chi connectivity index (χ1n) is 17.8. The Morgan fingerprint density at radius 2 is 0.579 bits per heavy atom. The molecule has 0 heterocycles. The van der Waals surface area contributed by atoms with Crippen LogP contribution in [0.3, 0.4) is 0 Å². The van der Waals surface area contributed by atoms with Gasteiger partial charge in [-0.2, -0.15) is 8.42 Å². The Bertz CT molecular complexity index is 2210. The van der Waals surface area contributed by atoms with Gasteiger partial charge >= 0.3 is 11.6 Å². The fourth-order valence-corrected chi connectivity index (χ4v) is 9.82. The van der Waals surface area contributed by atoms with Crippen LogP contribution >= 0.6 is 48.2 Å². The van der Waals surface area contributed by atoms with Crippen LogP contribution < -0.4 is 30.3 Å². The Morgan fingerprint density at radius 1 is 0.333 bits per heavy atom. The molecule has 0 aromatic heterocycles. The van der Waals surface area contributed by atoms with Gasteiger partial charge in [-0.25, -0.2) is 0 Å². The minimum absolute atomic E-state index is 0.750. The predicted octanol–water partition coefficient (Wildman–Crippen LogP) is 12.4. The number of hydrogen-bond acceptors (Lipinski definition) is 4. The van der Waals surface area contributed by atoms with Crippen molar-refractivity contribution in [3.63, 3.8) is 0 Å². The minimum atomic E-state index is -0.949. The van der Waals surface area contributed by atoms with E-state index in [1.165, 1.54) is 21.2 Å². The first-order chi connectivity index (χ1) is 28.0. The molecule has 0 aliphatic carbocycles. The van der Waals surface area contributed by atoms with Crippen LogP contribution in [-0.2, 0) is 11.6 Å². The van der Waals surface area contributed by atoms with E-state index in [4.69, 9.17) is 17.5 Å². The standard InChI is InChI=1S/2C24H18BrOP.O2S/c2*25-20-17-15-19(16-18-20)23-13-7-8-14-24(23)26-27(21-9-3-1-4-10-21)22-11-5-2-6-12-22;1-3-2/h2*1-18H;. The molecule has 0 N–H and O–H groups in total. The SMILES string of the molecule is Brc1ccc(-c2ccccc2OP(c2ccccc2)c2ccccc2)cc1.Brc1ccc(-c2ccccc2OP(c2ccccc2)c2ccccc2)cc1.O=S=O. The molecular formula is C48H36Br2O4P2S. The summed E-state index contributed by atoms with van der Waals surface area (Å²) in [6.07, 6.45) is 0. The van der Waals surface area contributed by atoms with Crippen molar-refractivity contribution in [3.05, 3.63) is 227 Å². The molecule has 0 radical (unpaired) electrons. The smallest absolute Gasteiger partial charge is 0.335 e. The molecule has 0 saturated carbocycles. The highest BCUT2D eigenvalue weighted by molar-refractivity contribution is 9.10. The first-order valence-corrected chi connectivity index (χ1v) is 22.6. The molecule has 0 bridgehead atoms. The van der Waals surface area contributed by atoms with Crippen molar-refractivity contribution in [3.8, 4) is 33.8 Å². The summed E-state index contributed by atoms with van der Waals surface area (Å²) in [6, 6.07) is 75.0. The van der Waals surface area contributed by atoms with E-state index in [0.717, 1.165) is 42.7 Å². The van der Waals surface area contributed by atoms with Gasteiger partial charge in [-0.3, -0.25) is 0 Å². The molecule has 0 spiro atoms. The first kappa shape index (κ1) is 41.6. The number of hydrogen-bond donors (Lipinski definition) is 0. The lowest BCUT2D eigenvalue weighted by molar-refractivity contribution is 0.629. The summed E-state index contributed by atoms with van der Waals surface area (Å²) >= 11 is 6.27. The van der Waals surface area contributed by atoms with E-state index in [1.54, 1.807) is 0 Å². The highest BCUT2D eigenvalue weighted by atomic mass is 79.9. The lowest BCUT2D eigenvalue weighted by atomic mass is 10.1. The molecule has 4 nitrogen and oxygen atoms in total. The van der Waals surface area contributed by atoms with Crippen molar-refractivity contribution in [2.24, 2.45) is 0 Å². The van der Waals surface area contributed by atoms with E-state index in [2.05, 4.69) is 214 Å². The average molecular weight is 931 g/mol. The van der Waals surface area contributed by atoms with Crippen LogP contribution in [0.4, 0.5) is 0 Å². The predicted molar refractivity (Wildman–Crippen MR) is 247 cm³/mol. The molecule has 8 aromatic rings. The maximum Gasteiger partial charge on any atom is 0.335 e. The van der Waals surface area contributed by atoms with Gasteiger partial charge < -0.3 is 9.05 Å². The summed E-state index contributed by atoms with van der Waals surface area (Å²) in [5, 5.41) is 4.79. The van der Waals surface area contributed by atoms with Crippen molar-refractivity contribution in [1.82, 2.24) is 0 Å². The Morgan fingerprint density at radius 3 is 0.860 bits per heavy atom. The molecule has 8 aromatic carbocycles. The number of para-hydroxylation sites is 2. The van der Waals surface area contributed by atoms with Gasteiger partial charge in [0.1, 0.15) is 11.5 Å². The van der Waals surface area contributed by atoms with Crippen LogP contribution in [0.2, 0.25) is 0 Å². The summed E-state index contributed by atoms with van der Waals surface area (Å²) in [5.74, 6) is 1.80. The molecule has 0 aliphatic rings. The molecule has 0 saturated heterocycles. The largest absolute Gasteiger partial charge is 0.464 e. The van der Waals surface area contributed by atoms with Crippen molar-refractivity contribution < 1.29 is 17.5 Å². The topological polar surface area (TPSA) is 52.6 Å².